The van der Waals surface area contributed by atoms with Gasteiger partial charge in [-0.2, -0.15) is 5.26 Å². The number of hydrogen-bond acceptors (Lipinski definition) is 1. The van der Waals surface area contributed by atoms with Gasteiger partial charge in [0.1, 0.15) is 0 Å². The Morgan fingerprint density at radius 3 is 1.97 bits per heavy atom. The molecule has 0 aliphatic carbocycles. The summed E-state index contributed by atoms with van der Waals surface area (Å²) in [5.74, 6) is 0. The fourth-order valence-electron chi connectivity index (χ4n) is 5.48. The number of fused-ring (bicyclic) bond motifs is 6. The van der Waals surface area contributed by atoms with Crippen LogP contribution in [-0.4, -0.2) is 9.13 Å². The van der Waals surface area contributed by atoms with E-state index in [-0.39, 0.29) is 0 Å². The second-order valence-corrected chi connectivity index (χ2v) is 8.82. The SMILES string of the molecule is [C-]#[N+]c1ccccc1-n1c2ccccc2c2cccc(-n3c4ccccc4c4cc(C#N)ccc43)c21. The maximum absolute atomic E-state index is 9.54. The van der Waals surface area contributed by atoms with Gasteiger partial charge >= 0.3 is 0 Å². The topological polar surface area (TPSA) is 38.0 Å². The Bertz CT molecular complexity index is 2080. The molecule has 0 aliphatic heterocycles. The molecule has 2 aromatic heterocycles. The lowest BCUT2D eigenvalue weighted by molar-refractivity contribution is 1.13. The van der Waals surface area contributed by atoms with Gasteiger partial charge in [0.05, 0.1) is 51.6 Å². The summed E-state index contributed by atoms with van der Waals surface area (Å²) in [5.41, 5.74) is 7.35. The van der Waals surface area contributed by atoms with Gasteiger partial charge in [-0.05, 0) is 42.5 Å². The normalized spacial score (nSPS) is 11.3. The molecule has 0 atom stereocenters. The summed E-state index contributed by atoms with van der Waals surface area (Å²) < 4.78 is 4.50. The molecule has 0 N–H and O–H groups in total. The molecule has 2 heterocycles. The Hall–Kier alpha value is -5.32. The number of hydrogen-bond donors (Lipinski definition) is 0. The number of nitriles is 1. The maximum atomic E-state index is 9.54. The lowest BCUT2D eigenvalue weighted by atomic mass is 10.1. The summed E-state index contributed by atoms with van der Waals surface area (Å²) in [6.45, 7) is 7.83. The van der Waals surface area contributed by atoms with Crippen molar-refractivity contribution >= 4 is 49.3 Å². The van der Waals surface area contributed by atoms with E-state index >= 15 is 0 Å². The molecular formula is C32H18N4. The highest BCUT2D eigenvalue weighted by atomic mass is 15.1. The average Bonchev–Trinajstić information content (AvgIpc) is 3.45. The molecule has 0 spiro atoms. The Kier molecular flexibility index (Phi) is 4.24. The van der Waals surface area contributed by atoms with Crippen molar-refractivity contribution in [2.75, 3.05) is 0 Å². The molecule has 0 unspecified atom stereocenters. The molecule has 0 bridgehead atoms. The third-order valence-corrected chi connectivity index (χ3v) is 6.96. The Labute approximate surface area is 207 Å². The largest absolute Gasteiger partial charge is 0.317 e. The zero-order chi connectivity index (χ0) is 24.2. The van der Waals surface area contributed by atoms with Crippen molar-refractivity contribution in [1.82, 2.24) is 9.13 Å². The van der Waals surface area contributed by atoms with Crippen LogP contribution in [0, 0.1) is 17.9 Å². The summed E-state index contributed by atoms with van der Waals surface area (Å²) in [7, 11) is 0. The van der Waals surface area contributed by atoms with Crippen molar-refractivity contribution in [3.05, 3.63) is 126 Å². The molecule has 166 valence electrons. The van der Waals surface area contributed by atoms with Gasteiger partial charge in [-0.25, -0.2) is 4.85 Å². The Balaban J connectivity index is 1.72. The minimum absolute atomic E-state index is 0.607. The molecule has 0 aliphatic rings. The predicted octanol–water partition coefficient (Wildman–Crippen LogP) is 8.30. The number of para-hydroxylation sites is 5. The Morgan fingerprint density at radius 2 is 1.19 bits per heavy atom. The van der Waals surface area contributed by atoms with Crippen LogP contribution < -0.4 is 0 Å². The van der Waals surface area contributed by atoms with Crippen LogP contribution in [0.2, 0.25) is 0 Å². The minimum atomic E-state index is 0.607. The first-order valence-electron chi connectivity index (χ1n) is 11.7. The average molecular weight is 459 g/mol. The molecule has 5 aromatic carbocycles. The highest BCUT2D eigenvalue weighted by Gasteiger charge is 2.20. The van der Waals surface area contributed by atoms with Crippen molar-refractivity contribution < 1.29 is 0 Å². The highest BCUT2D eigenvalue weighted by Crippen LogP contribution is 2.41. The molecule has 0 fully saturated rings. The fraction of sp³-hybridized carbons (Fsp3) is 0. The van der Waals surface area contributed by atoms with Crippen LogP contribution in [-0.2, 0) is 0 Å². The van der Waals surface area contributed by atoms with Crippen LogP contribution in [0.15, 0.2) is 109 Å². The van der Waals surface area contributed by atoms with Gasteiger partial charge in [-0.3, -0.25) is 0 Å². The van der Waals surface area contributed by atoms with Gasteiger partial charge in [-0.1, -0.05) is 66.7 Å². The van der Waals surface area contributed by atoms with Gasteiger partial charge in [0.15, 0.2) is 0 Å². The van der Waals surface area contributed by atoms with Gasteiger partial charge < -0.3 is 9.13 Å². The molecule has 36 heavy (non-hydrogen) atoms. The van der Waals surface area contributed by atoms with Gasteiger partial charge in [0, 0.05) is 21.5 Å². The van der Waals surface area contributed by atoms with Crippen LogP contribution in [0.25, 0.3) is 59.8 Å². The van der Waals surface area contributed by atoms with Gasteiger partial charge in [0.25, 0.3) is 0 Å². The van der Waals surface area contributed by atoms with E-state index in [2.05, 4.69) is 68.6 Å². The van der Waals surface area contributed by atoms with Crippen molar-refractivity contribution in [3.63, 3.8) is 0 Å². The zero-order valence-electron chi connectivity index (χ0n) is 19.2. The van der Waals surface area contributed by atoms with Crippen molar-refractivity contribution in [2.45, 2.75) is 0 Å². The van der Waals surface area contributed by atoms with Crippen LogP contribution in [0.3, 0.4) is 0 Å². The van der Waals surface area contributed by atoms with Crippen LogP contribution >= 0.6 is 0 Å². The van der Waals surface area contributed by atoms with Crippen LogP contribution in [0.5, 0.6) is 0 Å². The van der Waals surface area contributed by atoms with E-state index in [1.165, 1.54) is 0 Å². The Morgan fingerprint density at radius 1 is 0.583 bits per heavy atom. The first-order valence-corrected chi connectivity index (χ1v) is 11.7. The molecule has 0 saturated carbocycles. The number of nitrogens with zero attached hydrogens (tertiary/aromatic N) is 4. The smallest absolute Gasteiger partial charge is 0.210 e. The van der Waals surface area contributed by atoms with Crippen molar-refractivity contribution in [2.24, 2.45) is 0 Å². The molecule has 4 nitrogen and oxygen atoms in total. The first-order chi connectivity index (χ1) is 17.8. The van der Waals surface area contributed by atoms with Crippen molar-refractivity contribution in [1.29, 1.82) is 5.26 Å². The molecule has 7 aromatic rings. The maximum Gasteiger partial charge on any atom is 0.210 e. The van der Waals surface area contributed by atoms with Gasteiger partial charge in [0.2, 0.25) is 5.69 Å². The summed E-state index contributed by atoms with van der Waals surface area (Å²) in [4.78, 5) is 3.84. The number of rotatable bonds is 2. The minimum Gasteiger partial charge on any atom is -0.317 e. The molecule has 0 radical (unpaired) electrons. The third kappa shape index (κ3) is 2.67. The number of aromatic nitrogens is 2. The molecule has 7 rings (SSSR count). The van der Waals surface area contributed by atoms with Gasteiger partial charge in [-0.15, -0.1) is 0 Å². The summed E-state index contributed by atoms with van der Waals surface area (Å²) in [5, 5.41) is 14.0. The predicted molar refractivity (Wildman–Crippen MR) is 146 cm³/mol. The van der Waals surface area contributed by atoms with Crippen molar-refractivity contribution in [3.8, 4) is 17.4 Å². The molecule has 4 heteroatoms. The second-order valence-electron chi connectivity index (χ2n) is 8.82. The summed E-state index contributed by atoms with van der Waals surface area (Å²) >= 11 is 0. The van der Waals surface area contributed by atoms with E-state index in [0.717, 1.165) is 55.0 Å². The van der Waals surface area contributed by atoms with E-state index in [0.29, 0.717) is 11.3 Å². The molecule has 0 amide bonds. The molecule has 0 saturated heterocycles. The van der Waals surface area contributed by atoms with Crippen LogP contribution in [0.4, 0.5) is 5.69 Å². The highest BCUT2D eigenvalue weighted by molar-refractivity contribution is 6.15. The van der Waals surface area contributed by atoms with Crippen LogP contribution in [0.1, 0.15) is 5.56 Å². The van der Waals surface area contributed by atoms with E-state index in [1.54, 1.807) is 0 Å². The zero-order valence-corrected chi connectivity index (χ0v) is 19.2. The standard InChI is InChI=1S/C32H18N4/c1-34-26-12-4-7-15-30(26)36-28-14-6-2-9-22(28)24-11-8-16-31(32(24)36)35-27-13-5-3-10-23(27)25-19-21(20-33)17-18-29(25)35/h2-19H. The second kappa shape index (κ2) is 7.60. The molecular weight excluding hydrogens is 440 g/mol. The van der Waals surface area contributed by atoms with E-state index in [9.17, 15) is 5.26 Å². The first kappa shape index (κ1) is 20.1. The summed E-state index contributed by atoms with van der Waals surface area (Å²) in [6, 6.07) is 39.0. The van der Waals surface area contributed by atoms with E-state index in [1.807, 2.05) is 60.7 Å². The number of benzene rings is 5. The lowest BCUT2D eigenvalue weighted by Crippen LogP contribution is -2.00. The van der Waals surface area contributed by atoms with E-state index < -0.39 is 0 Å². The fourth-order valence-corrected chi connectivity index (χ4v) is 5.48. The summed E-state index contributed by atoms with van der Waals surface area (Å²) in [6.07, 6.45) is 0. The third-order valence-electron chi connectivity index (χ3n) is 6.96. The lowest BCUT2D eigenvalue weighted by Gasteiger charge is -2.15. The quantitative estimate of drug-likeness (QED) is 0.240. The monoisotopic (exact) mass is 458 g/mol. The van der Waals surface area contributed by atoms with E-state index in [4.69, 9.17) is 6.57 Å².